The van der Waals surface area contributed by atoms with E-state index in [0.717, 1.165) is 24.6 Å². The second-order valence-electron chi connectivity index (χ2n) is 3.97. The van der Waals surface area contributed by atoms with Gasteiger partial charge in [0.25, 0.3) is 5.88 Å². The molecule has 1 aromatic rings. The number of methoxy groups -OCH3 is 1. The van der Waals surface area contributed by atoms with Gasteiger partial charge < -0.3 is 14.4 Å². The van der Waals surface area contributed by atoms with Crippen molar-refractivity contribution in [1.29, 1.82) is 0 Å². The van der Waals surface area contributed by atoms with Gasteiger partial charge in [-0.1, -0.05) is 0 Å². The molecular weight excluding hydrogens is 192 g/mol. The molecule has 2 aliphatic rings. The summed E-state index contributed by atoms with van der Waals surface area (Å²) in [7, 11) is 1.63. The highest BCUT2D eigenvalue weighted by Gasteiger charge is 2.33. The molecule has 0 aliphatic carbocycles. The van der Waals surface area contributed by atoms with Gasteiger partial charge in [-0.15, -0.1) is 0 Å². The van der Waals surface area contributed by atoms with E-state index in [1.165, 1.54) is 12.8 Å². The van der Waals surface area contributed by atoms with Crippen LogP contribution in [-0.4, -0.2) is 31.3 Å². The summed E-state index contributed by atoms with van der Waals surface area (Å²) in [5.74, 6) is 1.40. The molecule has 4 nitrogen and oxygen atoms in total. The van der Waals surface area contributed by atoms with Crippen LogP contribution in [0.15, 0.2) is 12.3 Å². The molecule has 0 aromatic carbocycles. The minimum atomic E-state index is 0.546. The third kappa shape index (κ3) is 1.24. The van der Waals surface area contributed by atoms with E-state index in [2.05, 4.69) is 9.88 Å². The molecule has 3 rings (SSSR count). The molecule has 1 aromatic heterocycles. The van der Waals surface area contributed by atoms with Crippen molar-refractivity contribution in [3.8, 4) is 11.6 Å². The average Bonchev–Trinajstić information content (AvgIpc) is 2.76. The third-order valence-corrected chi connectivity index (χ3v) is 3.15. The summed E-state index contributed by atoms with van der Waals surface area (Å²) >= 11 is 0. The van der Waals surface area contributed by atoms with Crippen molar-refractivity contribution in [2.75, 3.05) is 25.2 Å². The SMILES string of the molecule is COc1nccc2c1OCC1CCCN21. The lowest BCUT2D eigenvalue weighted by Crippen LogP contribution is -2.38. The fraction of sp³-hybridized carbons (Fsp3) is 0.545. The van der Waals surface area contributed by atoms with Crippen molar-refractivity contribution in [2.24, 2.45) is 0 Å². The maximum Gasteiger partial charge on any atom is 0.258 e. The molecule has 0 saturated carbocycles. The van der Waals surface area contributed by atoms with E-state index in [-0.39, 0.29) is 0 Å². The predicted octanol–water partition coefficient (Wildman–Crippen LogP) is 1.45. The standard InChI is InChI=1S/C11H14N2O2/c1-14-11-10-9(4-5-12-11)13-6-2-3-8(13)7-15-10/h4-5,8H,2-3,6-7H2,1H3. The Balaban J connectivity index is 2.07. The minimum Gasteiger partial charge on any atom is -0.484 e. The van der Waals surface area contributed by atoms with E-state index in [4.69, 9.17) is 9.47 Å². The number of anilines is 1. The number of fused-ring (bicyclic) bond motifs is 3. The molecule has 15 heavy (non-hydrogen) atoms. The summed E-state index contributed by atoms with van der Waals surface area (Å²) in [6, 6.07) is 2.56. The second kappa shape index (κ2) is 3.29. The molecule has 0 bridgehead atoms. The van der Waals surface area contributed by atoms with Gasteiger partial charge in [-0.05, 0) is 18.9 Å². The minimum absolute atomic E-state index is 0.546. The maximum absolute atomic E-state index is 5.73. The Bertz CT molecular complexity index is 381. The zero-order chi connectivity index (χ0) is 10.3. The molecule has 0 spiro atoms. The zero-order valence-electron chi connectivity index (χ0n) is 8.77. The van der Waals surface area contributed by atoms with Crippen LogP contribution in [0.4, 0.5) is 5.69 Å². The lowest BCUT2D eigenvalue weighted by Gasteiger charge is -2.33. The number of aromatic nitrogens is 1. The van der Waals surface area contributed by atoms with Crippen LogP contribution in [0.1, 0.15) is 12.8 Å². The van der Waals surface area contributed by atoms with Crippen LogP contribution in [0.3, 0.4) is 0 Å². The lowest BCUT2D eigenvalue weighted by molar-refractivity contribution is 0.253. The normalized spacial score (nSPS) is 23.0. The van der Waals surface area contributed by atoms with Crippen molar-refractivity contribution >= 4 is 5.69 Å². The van der Waals surface area contributed by atoms with Gasteiger partial charge in [0.05, 0.1) is 18.8 Å². The van der Waals surface area contributed by atoms with Crippen LogP contribution in [0, 0.1) is 0 Å². The van der Waals surface area contributed by atoms with E-state index in [0.29, 0.717) is 11.9 Å². The highest BCUT2D eigenvalue weighted by molar-refractivity contribution is 5.64. The van der Waals surface area contributed by atoms with Gasteiger partial charge in [-0.2, -0.15) is 0 Å². The number of pyridine rings is 1. The topological polar surface area (TPSA) is 34.6 Å². The molecule has 1 unspecified atom stereocenters. The molecule has 2 aliphatic heterocycles. The van der Waals surface area contributed by atoms with E-state index >= 15 is 0 Å². The Morgan fingerprint density at radius 2 is 2.53 bits per heavy atom. The molecule has 1 atom stereocenters. The summed E-state index contributed by atoms with van der Waals surface area (Å²) < 4.78 is 10.9. The first kappa shape index (κ1) is 8.83. The first-order valence-corrected chi connectivity index (χ1v) is 5.32. The van der Waals surface area contributed by atoms with E-state index in [1.807, 2.05) is 6.07 Å². The molecule has 1 saturated heterocycles. The second-order valence-corrected chi connectivity index (χ2v) is 3.97. The number of nitrogens with zero attached hydrogens (tertiary/aromatic N) is 2. The van der Waals surface area contributed by atoms with Gasteiger partial charge in [-0.3, -0.25) is 0 Å². The molecule has 0 N–H and O–H groups in total. The molecule has 1 fully saturated rings. The van der Waals surface area contributed by atoms with Crippen LogP contribution in [0.2, 0.25) is 0 Å². The predicted molar refractivity (Wildman–Crippen MR) is 56.7 cm³/mol. The first-order valence-electron chi connectivity index (χ1n) is 5.32. The van der Waals surface area contributed by atoms with Crippen molar-refractivity contribution in [3.63, 3.8) is 0 Å². The van der Waals surface area contributed by atoms with Crippen LogP contribution in [-0.2, 0) is 0 Å². The summed E-state index contributed by atoms with van der Waals surface area (Å²) in [5, 5.41) is 0. The summed E-state index contributed by atoms with van der Waals surface area (Å²) in [6.07, 6.45) is 4.25. The van der Waals surface area contributed by atoms with E-state index in [9.17, 15) is 0 Å². The highest BCUT2D eigenvalue weighted by Crippen LogP contribution is 2.42. The Labute approximate surface area is 88.8 Å². The summed E-state index contributed by atoms with van der Waals surface area (Å²) in [4.78, 5) is 6.56. The Morgan fingerprint density at radius 1 is 1.60 bits per heavy atom. The highest BCUT2D eigenvalue weighted by atomic mass is 16.5. The van der Waals surface area contributed by atoms with Gasteiger partial charge in [0, 0.05) is 12.7 Å². The van der Waals surface area contributed by atoms with Crippen LogP contribution in [0.25, 0.3) is 0 Å². The number of ether oxygens (including phenoxy) is 2. The van der Waals surface area contributed by atoms with Crippen molar-refractivity contribution < 1.29 is 9.47 Å². The van der Waals surface area contributed by atoms with Gasteiger partial charge in [0.1, 0.15) is 6.61 Å². The molecule has 3 heterocycles. The number of rotatable bonds is 1. The number of hydrogen-bond donors (Lipinski definition) is 0. The summed E-state index contributed by atoms with van der Waals surface area (Å²) in [6.45, 7) is 1.88. The Kier molecular flexibility index (Phi) is 1.94. The Hall–Kier alpha value is -1.45. The maximum atomic E-state index is 5.73. The van der Waals surface area contributed by atoms with E-state index < -0.39 is 0 Å². The average molecular weight is 206 g/mol. The zero-order valence-corrected chi connectivity index (χ0v) is 8.77. The van der Waals surface area contributed by atoms with Crippen molar-refractivity contribution in [3.05, 3.63) is 12.3 Å². The Morgan fingerprint density at radius 3 is 3.40 bits per heavy atom. The fourth-order valence-electron chi connectivity index (χ4n) is 2.43. The van der Waals surface area contributed by atoms with Crippen molar-refractivity contribution in [2.45, 2.75) is 18.9 Å². The van der Waals surface area contributed by atoms with Gasteiger partial charge >= 0.3 is 0 Å². The van der Waals surface area contributed by atoms with Crippen LogP contribution >= 0.6 is 0 Å². The van der Waals surface area contributed by atoms with Gasteiger partial charge in [-0.25, -0.2) is 4.98 Å². The molecule has 80 valence electrons. The van der Waals surface area contributed by atoms with Crippen LogP contribution in [0.5, 0.6) is 11.6 Å². The quantitative estimate of drug-likeness (QED) is 0.696. The molecule has 0 amide bonds. The fourth-order valence-corrected chi connectivity index (χ4v) is 2.43. The number of hydrogen-bond acceptors (Lipinski definition) is 4. The van der Waals surface area contributed by atoms with Gasteiger partial charge in [0.15, 0.2) is 0 Å². The third-order valence-electron chi connectivity index (χ3n) is 3.15. The first-order chi connectivity index (χ1) is 7.40. The monoisotopic (exact) mass is 206 g/mol. The smallest absolute Gasteiger partial charge is 0.258 e. The molecule has 4 heteroatoms. The largest absolute Gasteiger partial charge is 0.484 e. The van der Waals surface area contributed by atoms with Gasteiger partial charge in [0.2, 0.25) is 5.75 Å². The molecular formula is C11H14N2O2. The van der Waals surface area contributed by atoms with Crippen molar-refractivity contribution in [1.82, 2.24) is 4.98 Å². The van der Waals surface area contributed by atoms with E-state index in [1.54, 1.807) is 13.3 Å². The molecule has 0 radical (unpaired) electrons. The van der Waals surface area contributed by atoms with Crippen LogP contribution < -0.4 is 14.4 Å². The lowest BCUT2D eigenvalue weighted by atomic mass is 10.2. The summed E-state index contributed by atoms with van der Waals surface area (Å²) in [5.41, 5.74) is 1.13.